The van der Waals surface area contributed by atoms with Crippen LogP contribution in [0, 0.1) is 0 Å². The monoisotopic (exact) mass is 310 g/mol. The number of halogens is 2. The topological polar surface area (TPSA) is 47.3 Å². The minimum absolute atomic E-state index is 0.225. The van der Waals surface area contributed by atoms with Crippen LogP contribution in [0.3, 0.4) is 0 Å². The van der Waals surface area contributed by atoms with Gasteiger partial charge in [0.05, 0.1) is 22.7 Å². The van der Waals surface area contributed by atoms with Crippen LogP contribution in [0.4, 0.5) is 0 Å². The lowest BCUT2D eigenvalue weighted by molar-refractivity contribution is 0.340. The molecule has 0 amide bonds. The molecule has 0 aliphatic heterocycles. The molecular formula is C15H16Cl2N2O. The third-order valence-electron chi connectivity index (χ3n) is 2.98. The van der Waals surface area contributed by atoms with E-state index in [4.69, 9.17) is 33.8 Å². The van der Waals surface area contributed by atoms with Crippen molar-refractivity contribution >= 4 is 23.2 Å². The third-order valence-corrected chi connectivity index (χ3v) is 3.82. The second kappa shape index (κ2) is 6.95. The maximum absolute atomic E-state index is 6.25. The van der Waals surface area contributed by atoms with E-state index in [9.17, 15) is 0 Å². The molecule has 0 radical (unpaired) electrons. The van der Waals surface area contributed by atoms with E-state index in [-0.39, 0.29) is 6.04 Å². The smallest absolute Gasteiger partial charge is 0.119 e. The number of hydrogen-bond acceptors (Lipinski definition) is 3. The molecule has 0 saturated heterocycles. The van der Waals surface area contributed by atoms with Crippen LogP contribution in [-0.4, -0.2) is 6.61 Å². The second-order valence-electron chi connectivity index (χ2n) is 4.24. The average molecular weight is 311 g/mol. The van der Waals surface area contributed by atoms with Crippen LogP contribution in [-0.2, 0) is 0 Å². The van der Waals surface area contributed by atoms with Crippen molar-refractivity contribution in [2.45, 2.75) is 13.0 Å². The van der Waals surface area contributed by atoms with E-state index >= 15 is 0 Å². The van der Waals surface area contributed by atoms with Crippen LogP contribution in [0.25, 0.3) is 0 Å². The number of hydrazine groups is 1. The Morgan fingerprint density at radius 2 is 1.85 bits per heavy atom. The average Bonchev–Trinajstić information content (AvgIpc) is 2.46. The van der Waals surface area contributed by atoms with Gasteiger partial charge < -0.3 is 4.74 Å². The highest BCUT2D eigenvalue weighted by molar-refractivity contribution is 6.42. The van der Waals surface area contributed by atoms with Gasteiger partial charge in [-0.25, -0.2) is 5.43 Å². The minimum atomic E-state index is -0.225. The first-order valence-corrected chi connectivity index (χ1v) is 7.05. The molecule has 1 unspecified atom stereocenters. The summed E-state index contributed by atoms with van der Waals surface area (Å²) < 4.78 is 5.42. The van der Waals surface area contributed by atoms with Gasteiger partial charge in [-0.05, 0) is 36.2 Å². The van der Waals surface area contributed by atoms with Gasteiger partial charge in [0, 0.05) is 0 Å². The lowest BCUT2D eigenvalue weighted by atomic mass is 9.99. The SMILES string of the molecule is CCOc1ccc(C(NN)c2cccc(Cl)c2Cl)cc1. The number of nitrogens with one attached hydrogen (secondary N) is 1. The number of rotatable bonds is 5. The Morgan fingerprint density at radius 1 is 1.15 bits per heavy atom. The predicted molar refractivity (Wildman–Crippen MR) is 83.2 cm³/mol. The summed E-state index contributed by atoms with van der Waals surface area (Å²) in [5.74, 6) is 6.49. The predicted octanol–water partition coefficient (Wildman–Crippen LogP) is 3.94. The standard InChI is InChI=1S/C15H16Cl2N2O/c1-2-20-11-8-6-10(7-9-11)15(19-18)12-4-3-5-13(16)14(12)17/h3-9,15,19H,2,18H2,1H3. The summed E-state index contributed by atoms with van der Waals surface area (Å²) in [6.45, 7) is 2.59. The van der Waals surface area contributed by atoms with Crippen LogP contribution < -0.4 is 16.0 Å². The zero-order valence-corrected chi connectivity index (χ0v) is 12.6. The van der Waals surface area contributed by atoms with Crippen molar-refractivity contribution < 1.29 is 4.74 Å². The number of nitrogens with two attached hydrogens (primary N) is 1. The normalized spacial score (nSPS) is 12.2. The third kappa shape index (κ3) is 3.25. The first-order valence-electron chi connectivity index (χ1n) is 6.30. The van der Waals surface area contributed by atoms with E-state index in [1.165, 1.54) is 0 Å². The molecule has 0 fully saturated rings. The highest BCUT2D eigenvalue weighted by atomic mass is 35.5. The molecule has 20 heavy (non-hydrogen) atoms. The van der Waals surface area contributed by atoms with E-state index in [1.54, 1.807) is 6.07 Å². The van der Waals surface area contributed by atoms with Gasteiger partial charge in [-0.3, -0.25) is 5.84 Å². The van der Waals surface area contributed by atoms with Gasteiger partial charge in [-0.1, -0.05) is 47.5 Å². The fourth-order valence-electron chi connectivity index (χ4n) is 2.03. The quantitative estimate of drug-likeness (QED) is 0.649. The molecular weight excluding hydrogens is 295 g/mol. The van der Waals surface area contributed by atoms with Crippen LogP contribution in [0.1, 0.15) is 24.1 Å². The van der Waals surface area contributed by atoms with Crippen molar-refractivity contribution in [1.82, 2.24) is 5.43 Å². The molecule has 0 bridgehead atoms. The first-order chi connectivity index (χ1) is 9.67. The van der Waals surface area contributed by atoms with Gasteiger partial charge in [-0.2, -0.15) is 0 Å². The van der Waals surface area contributed by atoms with Gasteiger partial charge in [0.1, 0.15) is 5.75 Å². The second-order valence-corrected chi connectivity index (χ2v) is 5.03. The molecule has 0 aromatic heterocycles. The zero-order chi connectivity index (χ0) is 14.5. The summed E-state index contributed by atoms with van der Waals surface area (Å²) in [6, 6.07) is 13.0. The van der Waals surface area contributed by atoms with Gasteiger partial charge in [-0.15, -0.1) is 0 Å². The highest BCUT2D eigenvalue weighted by Crippen LogP contribution is 2.33. The molecule has 2 rings (SSSR count). The summed E-state index contributed by atoms with van der Waals surface area (Å²) >= 11 is 12.3. The van der Waals surface area contributed by atoms with Crippen molar-refractivity contribution in [1.29, 1.82) is 0 Å². The summed E-state index contributed by atoms with van der Waals surface area (Å²) in [5, 5.41) is 1.02. The Balaban J connectivity index is 2.34. The first kappa shape index (κ1) is 15.1. The summed E-state index contributed by atoms with van der Waals surface area (Å²) in [7, 11) is 0. The number of ether oxygens (including phenoxy) is 1. The van der Waals surface area contributed by atoms with Crippen LogP contribution in [0.15, 0.2) is 42.5 Å². The zero-order valence-electron chi connectivity index (χ0n) is 11.1. The Morgan fingerprint density at radius 3 is 2.45 bits per heavy atom. The van der Waals surface area contributed by atoms with Crippen molar-refractivity contribution in [3.8, 4) is 5.75 Å². The van der Waals surface area contributed by atoms with Gasteiger partial charge in [0.2, 0.25) is 0 Å². The molecule has 0 heterocycles. The van der Waals surface area contributed by atoms with Crippen LogP contribution in [0.5, 0.6) is 5.75 Å². The lowest BCUT2D eigenvalue weighted by Gasteiger charge is -2.19. The molecule has 2 aromatic carbocycles. The number of benzene rings is 2. The van der Waals surface area contributed by atoms with Crippen LogP contribution in [0.2, 0.25) is 10.0 Å². The largest absolute Gasteiger partial charge is 0.494 e. The lowest BCUT2D eigenvalue weighted by Crippen LogP contribution is -2.29. The van der Waals surface area contributed by atoms with E-state index in [0.717, 1.165) is 16.9 Å². The molecule has 0 aliphatic carbocycles. The minimum Gasteiger partial charge on any atom is -0.494 e. The number of hydrogen-bond donors (Lipinski definition) is 2. The highest BCUT2D eigenvalue weighted by Gasteiger charge is 2.17. The van der Waals surface area contributed by atoms with E-state index in [1.807, 2.05) is 43.3 Å². The Bertz CT molecular complexity index is 573. The van der Waals surface area contributed by atoms with Crippen molar-refractivity contribution in [3.05, 3.63) is 63.6 Å². The molecule has 5 heteroatoms. The molecule has 1 atom stereocenters. The molecule has 106 valence electrons. The molecule has 0 saturated carbocycles. The molecule has 0 aliphatic rings. The maximum atomic E-state index is 6.25. The maximum Gasteiger partial charge on any atom is 0.119 e. The van der Waals surface area contributed by atoms with Crippen LogP contribution >= 0.6 is 23.2 Å². The summed E-state index contributed by atoms with van der Waals surface area (Å²) in [4.78, 5) is 0. The van der Waals surface area contributed by atoms with E-state index in [0.29, 0.717) is 16.7 Å². The van der Waals surface area contributed by atoms with Gasteiger partial charge >= 0.3 is 0 Å². The van der Waals surface area contributed by atoms with Gasteiger partial charge in [0.25, 0.3) is 0 Å². The van der Waals surface area contributed by atoms with Gasteiger partial charge in [0.15, 0.2) is 0 Å². The summed E-state index contributed by atoms with van der Waals surface area (Å²) in [6.07, 6.45) is 0. The molecule has 3 N–H and O–H groups in total. The summed E-state index contributed by atoms with van der Waals surface area (Å²) in [5.41, 5.74) is 4.60. The molecule has 3 nitrogen and oxygen atoms in total. The Kier molecular flexibility index (Phi) is 5.26. The van der Waals surface area contributed by atoms with E-state index < -0.39 is 0 Å². The van der Waals surface area contributed by atoms with E-state index in [2.05, 4.69) is 5.43 Å². The fraction of sp³-hybridized carbons (Fsp3) is 0.200. The fourth-order valence-corrected chi connectivity index (χ4v) is 2.45. The molecule has 2 aromatic rings. The Hall–Kier alpha value is -1.26. The van der Waals surface area contributed by atoms with Crippen molar-refractivity contribution in [2.75, 3.05) is 6.61 Å². The Labute approximate surface area is 128 Å². The molecule has 0 spiro atoms. The van der Waals surface area contributed by atoms with Crippen molar-refractivity contribution in [2.24, 2.45) is 5.84 Å². The van der Waals surface area contributed by atoms with Crippen molar-refractivity contribution in [3.63, 3.8) is 0 Å².